The van der Waals surface area contributed by atoms with Gasteiger partial charge in [-0.25, -0.2) is 9.97 Å². The fourth-order valence-electron chi connectivity index (χ4n) is 4.66. The van der Waals surface area contributed by atoms with E-state index >= 15 is 0 Å². The van der Waals surface area contributed by atoms with Crippen molar-refractivity contribution >= 4 is 34.2 Å². The molecule has 0 radical (unpaired) electrons. The van der Waals surface area contributed by atoms with Gasteiger partial charge in [-0.15, -0.1) is 0 Å². The van der Waals surface area contributed by atoms with Gasteiger partial charge >= 0.3 is 0 Å². The molecule has 1 amide bonds. The molecule has 0 bridgehead atoms. The van der Waals surface area contributed by atoms with Crippen molar-refractivity contribution < 1.29 is 9.21 Å². The highest BCUT2D eigenvalue weighted by molar-refractivity contribution is 5.98. The Morgan fingerprint density at radius 2 is 1.75 bits per heavy atom. The Balaban J connectivity index is 1.19. The van der Waals surface area contributed by atoms with Gasteiger partial charge in [0.15, 0.2) is 0 Å². The molecule has 0 spiro atoms. The van der Waals surface area contributed by atoms with Crippen molar-refractivity contribution in [2.45, 2.75) is 19.8 Å². The maximum Gasteiger partial charge on any atom is 0.251 e. The lowest BCUT2D eigenvalue weighted by molar-refractivity contribution is 0.0963. The highest BCUT2D eigenvalue weighted by Crippen LogP contribution is 2.24. The minimum Gasteiger partial charge on any atom is -0.464 e. The minimum absolute atomic E-state index is 0.125. The fraction of sp³-hybridized carbons (Fsp3) is 0.321. The predicted octanol–water partition coefficient (Wildman–Crippen LogP) is 4.25. The van der Waals surface area contributed by atoms with E-state index in [1.165, 1.54) is 5.69 Å². The number of amides is 1. The molecule has 0 atom stereocenters. The molecule has 0 unspecified atom stereocenters. The number of furan rings is 1. The van der Waals surface area contributed by atoms with Crippen LogP contribution in [-0.4, -0.2) is 60.5 Å². The van der Waals surface area contributed by atoms with Gasteiger partial charge in [-0.05, 0) is 73.0 Å². The average molecular weight is 485 g/mol. The second-order valence-corrected chi connectivity index (χ2v) is 9.06. The number of hydrogen-bond acceptors (Lipinski definition) is 7. The Bertz CT molecular complexity index is 1310. The van der Waals surface area contributed by atoms with Crippen molar-refractivity contribution in [3.05, 3.63) is 77.8 Å². The van der Waals surface area contributed by atoms with Crippen molar-refractivity contribution in [2.24, 2.45) is 0 Å². The van der Waals surface area contributed by atoms with Crippen LogP contribution in [0, 0.1) is 0 Å². The maximum absolute atomic E-state index is 12.1. The van der Waals surface area contributed by atoms with E-state index in [1.807, 2.05) is 24.5 Å². The molecule has 1 aliphatic rings. The molecule has 1 fully saturated rings. The van der Waals surface area contributed by atoms with Crippen molar-refractivity contribution in [2.75, 3.05) is 50.0 Å². The number of aryl methyl sites for hydroxylation is 2. The molecule has 8 heteroatoms. The number of benzene rings is 2. The Hall–Kier alpha value is -3.91. The Labute approximate surface area is 211 Å². The van der Waals surface area contributed by atoms with Gasteiger partial charge in [-0.3, -0.25) is 4.79 Å². The molecule has 2 aromatic carbocycles. The standard InChI is InChI=1S/C28H32N6O2/c1-3-33-11-13-34(14-12-33)24-8-6-23(7-9-24)32-28-30-18-20(19-31-28)4-5-21-16-22(27(35)29-2)17-26-25(21)10-15-36-26/h6-10,15-19H,3-5,11-14H2,1-2H3,(H,29,35)(H,30,31,32). The Morgan fingerprint density at radius 1 is 1.00 bits per heavy atom. The first-order valence-corrected chi connectivity index (χ1v) is 12.5. The fourth-order valence-corrected chi connectivity index (χ4v) is 4.66. The molecule has 8 nitrogen and oxygen atoms in total. The number of likely N-dealkylation sites (N-methyl/N-ethyl adjacent to an activating group) is 1. The van der Waals surface area contributed by atoms with Crippen molar-refractivity contribution in [3.63, 3.8) is 0 Å². The lowest BCUT2D eigenvalue weighted by atomic mass is 10.00. The first kappa shape index (κ1) is 23.8. The summed E-state index contributed by atoms with van der Waals surface area (Å²) in [5.74, 6) is 0.447. The first-order chi connectivity index (χ1) is 17.6. The summed E-state index contributed by atoms with van der Waals surface area (Å²) in [6.45, 7) is 7.69. The Morgan fingerprint density at radius 3 is 2.44 bits per heavy atom. The van der Waals surface area contributed by atoms with E-state index < -0.39 is 0 Å². The smallest absolute Gasteiger partial charge is 0.251 e. The molecule has 1 aliphatic heterocycles. The van der Waals surface area contributed by atoms with Gasteiger partial charge < -0.3 is 24.9 Å². The zero-order valence-corrected chi connectivity index (χ0v) is 20.8. The predicted molar refractivity (Wildman–Crippen MR) is 143 cm³/mol. The van der Waals surface area contributed by atoms with Crippen molar-refractivity contribution in [1.82, 2.24) is 20.2 Å². The quantitative estimate of drug-likeness (QED) is 0.387. The third kappa shape index (κ3) is 5.33. The van der Waals surface area contributed by atoms with Crippen LogP contribution in [0.1, 0.15) is 28.4 Å². The summed E-state index contributed by atoms with van der Waals surface area (Å²) >= 11 is 0. The number of fused-ring (bicyclic) bond motifs is 1. The number of aromatic nitrogens is 2. The molecule has 3 heterocycles. The monoisotopic (exact) mass is 484 g/mol. The first-order valence-electron chi connectivity index (χ1n) is 12.5. The number of carbonyl (C=O) groups is 1. The van der Waals surface area contributed by atoms with E-state index in [1.54, 1.807) is 19.4 Å². The topological polar surface area (TPSA) is 86.5 Å². The van der Waals surface area contributed by atoms with E-state index in [4.69, 9.17) is 4.42 Å². The van der Waals surface area contributed by atoms with Crippen LogP contribution >= 0.6 is 0 Å². The normalized spacial score (nSPS) is 14.2. The van der Waals surface area contributed by atoms with Crippen LogP contribution in [0.2, 0.25) is 0 Å². The number of nitrogens with one attached hydrogen (secondary N) is 2. The van der Waals surface area contributed by atoms with Gasteiger partial charge in [0.1, 0.15) is 5.58 Å². The highest BCUT2D eigenvalue weighted by atomic mass is 16.3. The molecule has 4 aromatic rings. The second-order valence-electron chi connectivity index (χ2n) is 9.06. The zero-order chi connectivity index (χ0) is 24.9. The van der Waals surface area contributed by atoms with E-state index in [2.05, 4.69) is 61.6 Å². The van der Waals surface area contributed by atoms with Crippen LogP contribution in [0.15, 0.2) is 65.5 Å². The van der Waals surface area contributed by atoms with Gasteiger partial charge in [0.2, 0.25) is 5.95 Å². The zero-order valence-electron chi connectivity index (χ0n) is 20.8. The number of piperazine rings is 1. The van der Waals surface area contributed by atoms with Crippen LogP contribution in [0.5, 0.6) is 0 Å². The summed E-state index contributed by atoms with van der Waals surface area (Å²) in [6.07, 6.45) is 6.88. The summed E-state index contributed by atoms with van der Waals surface area (Å²) in [5.41, 5.74) is 5.63. The molecule has 0 saturated carbocycles. The number of anilines is 3. The summed E-state index contributed by atoms with van der Waals surface area (Å²) in [7, 11) is 1.63. The van der Waals surface area contributed by atoms with E-state index in [9.17, 15) is 4.79 Å². The SMILES string of the molecule is CCN1CCN(c2ccc(Nc3ncc(CCc4cc(C(=O)NC)cc5occc45)cn3)cc2)CC1. The van der Waals surface area contributed by atoms with Crippen LogP contribution < -0.4 is 15.5 Å². The molecule has 186 valence electrons. The van der Waals surface area contributed by atoms with Crippen molar-refractivity contribution in [1.29, 1.82) is 0 Å². The molecule has 2 N–H and O–H groups in total. The van der Waals surface area contributed by atoms with Crippen LogP contribution in [0.25, 0.3) is 11.0 Å². The van der Waals surface area contributed by atoms with E-state index in [0.717, 1.165) is 73.3 Å². The summed E-state index contributed by atoms with van der Waals surface area (Å²) < 4.78 is 5.55. The molecule has 0 aliphatic carbocycles. The number of nitrogens with zero attached hydrogens (tertiary/aromatic N) is 4. The van der Waals surface area contributed by atoms with Gasteiger partial charge in [0.25, 0.3) is 5.91 Å². The molecular weight excluding hydrogens is 452 g/mol. The van der Waals surface area contributed by atoms with E-state index in [-0.39, 0.29) is 5.91 Å². The van der Waals surface area contributed by atoms with Gasteiger partial charge in [-0.2, -0.15) is 0 Å². The minimum atomic E-state index is -0.125. The van der Waals surface area contributed by atoms with E-state index in [0.29, 0.717) is 11.5 Å². The molecule has 5 rings (SSSR count). The number of carbonyl (C=O) groups excluding carboxylic acids is 1. The highest BCUT2D eigenvalue weighted by Gasteiger charge is 2.16. The third-order valence-corrected chi connectivity index (χ3v) is 6.84. The van der Waals surface area contributed by atoms with Crippen LogP contribution in [0.3, 0.4) is 0 Å². The lowest BCUT2D eigenvalue weighted by Gasteiger charge is -2.35. The van der Waals surface area contributed by atoms with Crippen LogP contribution in [0.4, 0.5) is 17.3 Å². The summed E-state index contributed by atoms with van der Waals surface area (Å²) in [5, 5.41) is 7.00. The van der Waals surface area contributed by atoms with Gasteiger partial charge in [0.05, 0.1) is 6.26 Å². The maximum atomic E-state index is 12.1. The van der Waals surface area contributed by atoms with Gasteiger partial charge in [-0.1, -0.05) is 6.92 Å². The Kier molecular flexibility index (Phi) is 7.13. The largest absolute Gasteiger partial charge is 0.464 e. The summed E-state index contributed by atoms with van der Waals surface area (Å²) in [4.78, 5) is 26.1. The molecule has 1 saturated heterocycles. The average Bonchev–Trinajstić information content (AvgIpc) is 3.41. The molecular formula is C28H32N6O2. The van der Waals surface area contributed by atoms with Gasteiger partial charge in [0, 0.05) is 67.9 Å². The van der Waals surface area contributed by atoms with Crippen LogP contribution in [-0.2, 0) is 12.8 Å². The molecule has 36 heavy (non-hydrogen) atoms. The molecule has 2 aromatic heterocycles. The third-order valence-electron chi connectivity index (χ3n) is 6.84. The number of rotatable bonds is 8. The van der Waals surface area contributed by atoms with Crippen molar-refractivity contribution in [3.8, 4) is 0 Å². The second kappa shape index (κ2) is 10.8. The lowest BCUT2D eigenvalue weighted by Crippen LogP contribution is -2.46. The number of hydrogen-bond donors (Lipinski definition) is 2. The summed E-state index contributed by atoms with van der Waals surface area (Å²) in [6, 6.07) is 14.1.